The number of ether oxygens (including phenoxy) is 1. The summed E-state index contributed by atoms with van der Waals surface area (Å²) < 4.78 is 5.90. The van der Waals surface area contributed by atoms with Crippen LogP contribution in [0, 0.1) is 6.92 Å². The molecule has 1 aromatic carbocycles. The summed E-state index contributed by atoms with van der Waals surface area (Å²) in [5, 5.41) is 6.68. The predicted octanol–water partition coefficient (Wildman–Crippen LogP) is 3.20. The zero-order valence-electron chi connectivity index (χ0n) is 14.4. The van der Waals surface area contributed by atoms with Crippen molar-refractivity contribution in [2.75, 3.05) is 25.6 Å². The Morgan fingerprint density at radius 1 is 1.32 bits per heavy atom. The first-order valence-corrected chi connectivity index (χ1v) is 9.15. The Hall–Kier alpha value is -1.36. The van der Waals surface area contributed by atoms with E-state index in [1.165, 1.54) is 5.56 Å². The highest BCUT2D eigenvalue weighted by Gasteiger charge is 2.07. The number of thioether (sulfide) groups is 1. The summed E-state index contributed by atoms with van der Waals surface area (Å²) in [6.45, 7) is 7.81. The first kappa shape index (κ1) is 18.7. The molecule has 124 valence electrons. The molecule has 2 N–H and O–H groups in total. The van der Waals surface area contributed by atoms with Gasteiger partial charge in [-0.05, 0) is 50.8 Å². The highest BCUT2D eigenvalue weighted by atomic mass is 32.2. The second-order valence-electron chi connectivity index (χ2n) is 5.48. The Morgan fingerprint density at radius 3 is 2.73 bits per heavy atom. The van der Waals surface area contributed by atoms with E-state index in [-0.39, 0.29) is 6.10 Å². The highest BCUT2D eigenvalue weighted by molar-refractivity contribution is 7.98. The normalized spacial score (nSPS) is 11.6. The number of hydrogen-bond acceptors (Lipinski definition) is 3. The van der Waals surface area contributed by atoms with Gasteiger partial charge in [0.25, 0.3) is 0 Å². The van der Waals surface area contributed by atoms with E-state index in [9.17, 15) is 0 Å². The number of aliphatic imine (C=N–C) groups is 1. The van der Waals surface area contributed by atoms with E-state index in [2.05, 4.69) is 47.0 Å². The van der Waals surface area contributed by atoms with Gasteiger partial charge in [0.15, 0.2) is 5.96 Å². The molecule has 0 spiro atoms. The van der Waals surface area contributed by atoms with Crippen molar-refractivity contribution in [3.63, 3.8) is 0 Å². The van der Waals surface area contributed by atoms with E-state index in [0.717, 1.165) is 36.0 Å². The van der Waals surface area contributed by atoms with Gasteiger partial charge < -0.3 is 15.4 Å². The molecule has 1 aromatic rings. The van der Waals surface area contributed by atoms with Gasteiger partial charge in [-0.25, -0.2) is 0 Å². The van der Waals surface area contributed by atoms with Crippen LogP contribution in [0.25, 0.3) is 0 Å². The Morgan fingerprint density at radius 2 is 2.09 bits per heavy atom. The van der Waals surface area contributed by atoms with Gasteiger partial charge in [0.2, 0.25) is 0 Å². The van der Waals surface area contributed by atoms with Gasteiger partial charge in [-0.15, -0.1) is 0 Å². The average molecular weight is 324 g/mol. The summed E-state index contributed by atoms with van der Waals surface area (Å²) in [6, 6.07) is 6.31. The van der Waals surface area contributed by atoms with Crippen molar-refractivity contribution in [2.24, 2.45) is 4.99 Å². The summed E-state index contributed by atoms with van der Waals surface area (Å²) in [7, 11) is 1.80. The third kappa shape index (κ3) is 7.07. The van der Waals surface area contributed by atoms with E-state index in [4.69, 9.17) is 4.74 Å². The molecule has 0 unspecified atom stereocenters. The molecule has 0 atom stereocenters. The number of benzene rings is 1. The van der Waals surface area contributed by atoms with Crippen LogP contribution in [-0.2, 0) is 6.54 Å². The van der Waals surface area contributed by atoms with Crippen LogP contribution in [0.3, 0.4) is 0 Å². The molecule has 0 bridgehead atoms. The van der Waals surface area contributed by atoms with Gasteiger partial charge >= 0.3 is 0 Å². The maximum Gasteiger partial charge on any atom is 0.191 e. The summed E-state index contributed by atoms with van der Waals surface area (Å²) in [5.74, 6) is 2.94. The SMILES string of the molecule is CN=C(NCCCSC)NCc1ccc(C)cc1OC(C)C. The maximum absolute atomic E-state index is 5.90. The van der Waals surface area contributed by atoms with Gasteiger partial charge in [-0.2, -0.15) is 11.8 Å². The van der Waals surface area contributed by atoms with Crippen molar-refractivity contribution >= 4 is 17.7 Å². The first-order valence-electron chi connectivity index (χ1n) is 7.76. The lowest BCUT2D eigenvalue weighted by atomic mass is 10.1. The molecule has 0 aromatic heterocycles. The molecule has 5 heteroatoms. The van der Waals surface area contributed by atoms with Crippen molar-refractivity contribution in [3.8, 4) is 5.75 Å². The zero-order valence-corrected chi connectivity index (χ0v) is 15.2. The average Bonchev–Trinajstić information content (AvgIpc) is 2.47. The fraction of sp³-hybridized carbons (Fsp3) is 0.588. The predicted molar refractivity (Wildman–Crippen MR) is 98.1 cm³/mol. The lowest BCUT2D eigenvalue weighted by Crippen LogP contribution is -2.37. The largest absolute Gasteiger partial charge is 0.491 e. The van der Waals surface area contributed by atoms with Crippen molar-refractivity contribution in [3.05, 3.63) is 29.3 Å². The second kappa shape index (κ2) is 10.4. The Bertz CT molecular complexity index is 475. The lowest BCUT2D eigenvalue weighted by molar-refractivity contribution is 0.239. The van der Waals surface area contributed by atoms with E-state index < -0.39 is 0 Å². The molecule has 4 nitrogen and oxygen atoms in total. The van der Waals surface area contributed by atoms with Crippen molar-refractivity contribution in [1.29, 1.82) is 0 Å². The van der Waals surface area contributed by atoms with Crippen molar-refractivity contribution in [2.45, 2.75) is 39.8 Å². The topological polar surface area (TPSA) is 45.7 Å². The fourth-order valence-corrected chi connectivity index (χ4v) is 2.43. The van der Waals surface area contributed by atoms with Crippen LogP contribution in [0.5, 0.6) is 5.75 Å². The fourth-order valence-electron chi connectivity index (χ4n) is 1.99. The van der Waals surface area contributed by atoms with Gasteiger partial charge in [-0.1, -0.05) is 12.1 Å². The number of guanidine groups is 1. The summed E-state index contributed by atoms with van der Waals surface area (Å²) >= 11 is 1.86. The number of nitrogens with one attached hydrogen (secondary N) is 2. The van der Waals surface area contributed by atoms with Gasteiger partial charge in [0.1, 0.15) is 5.75 Å². The zero-order chi connectivity index (χ0) is 16.4. The van der Waals surface area contributed by atoms with Crippen LogP contribution in [0.1, 0.15) is 31.4 Å². The van der Waals surface area contributed by atoms with Gasteiger partial charge in [0.05, 0.1) is 6.10 Å². The summed E-state index contributed by atoms with van der Waals surface area (Å²) in [4.78, 5) is 4.26. The van der Waals surface area contributed by atoms with Crippen LogP contribution >= 0.6 is 11.8 Å². The van der Waals surface area contributed by atoms with Crippen molar-refractivity contribution < 1.29 is 4.74 Å². The number of nitrogens with zero attached hydrogens (tertiary/aromatic N) is 1. The van der Waals surface area contributed by atoms with Gasteiger partial charge in [-0.3, -0.25) is 4.99 Å². The smallest absolute Gasteiger partial charge is 0.191 e. The van der Waals surface area contributed by atoms with E-state index in [0.29, 0.717) is 6.54 Å². The van der Waals surface area contributed by atoms with E-state index >= 15 is 0 Å². The van der Waals surface area contributed by atoms with Gasteiger partial charge in [0, 0.05) is 25.7 Å². The minimum absolute atomic E-state index is 0.171. The molecule has 0 aliphatic heterocycles. The molecular formula is C17H29N3OS. The maximum atomic E-state index is 5.90. The monoisotopic (exact) mass is 323 g/mol. The quantitative estimate of drug-likeness (QED) is 0.438. The molecule has 0 aliphatic rings. The van der Waals surface area contributed by atoms with E-state index in [1.807, 2.05) is 25.6 Å². The van der Waals surface area contributed by atoms with Crippen LogP contribution in [0.15, 0.2) is 23.2 Å². The molecular weight excluding hydrogens is 294 g/mol. The van der Waals surface area contributed by atoms with Crippen LogP contribution in [-0.4, -0.2) is 37.7 Å². The number of rotatable bonds is 8. The summed E-state index contributed by atoms with van der Waals surface area (Å²) in [5.41, 5.74) is 2.35. The third-order valence-electron chi connectivity index (χ3n) is 3.07. The number of aryl methyl sites for hydroxylation is 1. The number of hydrogen-bond donors (Lipinski definition) is 2. The second-order valence-corrected chi connectivity index (χ2v) is 6.46. The Balaban J connectivity index is 2.58. The Kier molecular flexibility index (Phi) is 8.82. The van der Waals surface area contributed by atoms with Crippen LogP contribution in [0.2, 0.25) is 0 Å². The van der Waals surface area contributed by atoms with Crippen LogP contribution < -0.4 is 15.4 Å². The molecule has 0 fully saturated rings. The van der Waals surface area contributed by atoms with Crippen molar-refractivity contribution in [1.82, 2.24) is 10.6 Å². The Labute approximate surface area is 139 Å². The molecule has 0 radical (unpaired) electrons. The van der Waals surface area contributed by atoms with Crippen LogP contribution in [0.4, 0.5) is 0 Å². The molecule has 22 heavy (non-hydrogen) atoms. The molecule has 0 aliphatic carbocycles. The third-order valence-corrected chi connectivity index (χ3v) is 3.77. The molecule has 1 rings (SSSR count). The summed E-state index contributed by atoms with van der Waals surface area (Å²) in [6.07, 6.45) is 3.43. The standard InChI is InChI=1S/C17H29N3OS/c1-13(2)21-16-11-14(3)7-8-15(16)12-20-17(18-4)19-9-6-10-22-5/h7-8,11,13H,6,9-10,12H2,1-5H3,(H2,18,19,20). The first-order chi connectivity index (χ1) is 10.6. The highest BCUT2D eigenvalue weighted by Crippen LogP contribution is 2.21. The lowest BCUT2D eigenvalue weighted by Gasteiger charge is -2.17. The minimum Gasteiger partial charge on any atom is -0.491 e. The molecule has 0 amide bonds. The minimum atomic E-state index is 0.171. The van der Waals surface area contributed by atoms with E-state index in [1.54, 1.807) is 7.05 Å². The molecule has 0 saturated carbocycles. The molecule has 0 heterocycles. The molecule has 0 saturated heterocycles.